The Balaban J connectivity index is 1.70. The van der Waals surface area contributed by atoms with Crippen molar-refractivity contribution in [1.82, 2.24) is 14.7 Å². The van der Waals surface area contributed by atoms with Crippen molar-refractivity contribution in [2.24, 2.45) is 0 Å². The lowest BCUT2D eigenvalue weighted by Gasteiger charge is -2.33. The summed E-state index contributed by atoms with van der Waals surface area (Å²) in [5.41, 5.74) is 2.13. The van der Waals surface area contributed by atoms with Gasteiger partial charge in [0.2, 0.25) is 0 Å². The standard InChI is InChI=1S/C25H32ClN3O4/c1-2-3-5-8-20-16-28(17-21(30)9-6-4-7-10-24(31)32)25(33)23-15-22(27-29(20)23)18-11-13-19(26)14-12-18/h11-15,20H,2-10,16-17H2,1H3,(H,31,32). The Morgan fingerprint density at radius 3 is 2.52 bits per heavy atom. The number of rotatable bonds is 13. The van der Waals surface area contributed by atoms with E-state index in [9.17, 15) is 14.4 Å². The molecule has 1 atom stereocenters. The van der Waals surface area contributed by atoms with Gasteiger partial charge in [0.25, 0.3) is 5.91 Å². The van der Waals surface area contributed by atoms with Crippen LogP contribution in [0, 0.1) is 0 Å². The highest BCUT2D eigenvalue weighted by molar-refractivity contribution is 6.30. The average molecular weight is 474 g/mol. The topological polar surface area (TPSA) is 92.5 Å². The van der Waals surface area contributed by atoms with Gasteiger partial charge in [0, 0.05) is 30.0 Å². The van der Waals surface area contributed by atoms with Crippen LogP contribution in [0.2, 0.25) is 5.02 Å². The summed E-state index contributed by atoms with van der Waals surface area (Å²) in [6.07, 6.45) is 6.55. The number of benzene rings is 1. The maximum Gasteiger partial charge on any atom is 0.303 e. The highest BCUT2D eigenvalue weighted by Gasteiger charge is 2.33. The normalized spacial score (nSPS) is 15.5. The van der Waals surface area contributed by atoms with Crippen molar-refractivity contribution >= 4 is 29.3 Å². The van der Waals surface area contributed by atoms with Gasteiger partial charge >= 0.3 is 5.97 Å². The molecule has 0 fully saturated rings. The molecule has 1 N–H and O–H groups in total. The SMILES string of the molecule is CCCCCC1CN(CC(=O)CCCCCC(=O)O)C(=O)c2cc(-c3ccc(Cl)cc3)nn21. The number of halogens is 1. The van der Waals surface area contributed by atoms with Crippen LogP contribution in [0.15, 0.2) is 30.3 Å². The molecule has 1 aliphatic heterocycles. The first-order valence-electron chi connectivity index (χ1n) is 11.8. The molecule has 7 nitrogen and oxygen atoms in total. The third-order valence-corrected chi connectivity index (χ3v) is 6.27. The molecule has 1 amide bonds. The van der Waals surface area contributed by atoms with Crippen LogP contribution in [0.1, 0.15) is 81.2 Å². The van der Waals surface area contributed by atoms with Crippen molar-refractivity contribution in [3.05, 3.63) is 41.0 Å². The van der Waals surface area contributed by atoms with Crippen molar-refractivity contribution in [2.75, 3.05) is 13.1 Å². The van der Waals surface area contributed by atoms with E-state index < -0.39 is 5.97 Å². The number of carboxylic acids is 1. The molecule has 1 aliphatic rings. The van der Waals surface area contributed by atoms with E-state index in [0.29, 0.717) is 42.9 Å². The molecule has 1 aromatic carbocycles. The van der Waals surface area contributed by atoms with Gasteiger partial charge in [0.1, 0.15) is 5.69 Å². The van der Waals surface area contributed by atoms with Crippen molar-refractivity contribution in [3.63, 3.8) is 0 Å². The summed E-state index contributed by atoms with van der Waals surface area (Å²) >= 11 is 6.01. The zero-order valence-corrected chi connectivity index (χ0v) is 19.9. The van der Waals surface area contributed by atoms with Crippen molar-refractivity contribution in [1.29, 1.82) is 0 Å². The third-order valence-electron chi connectivity index (χ3n) is 6.01. The number of hydrogen-bond donors (Lipinski definition) is 1. The van der Waals surface area contributed by atoms with Crippen LogP contribution in [-0.2, 0) is 9.59 Å². The number of carbonyl (C=O) groups excluding carboxylic acids is 2. The lowest BCUT2D eigenvalue weighted by Crippen LogP contribution is -2.45. The van der Waals surface area contributed by atoms with E-state index in [1.54, 1.807) is 23.1 Å². The van der Waals surface area contributed by atoms with Gasteiger partial charge in [-0.05, 0) is 37.5 Å². The van der Waals surface area contributed by atoms with Crippen molar-refractivity contribution in [2.45, 2.75) is 70.8 Å². The molecule has 8 heteroatoms. The summed E-state index contributed by atoms with van der Waals surface area (Å²) in [5.74, 6) is -0.977. The van der Waals surface area contributed by atoms with Crippen LogP contribution in [0.3, 0.4) is 0 Å². The molecule has 1 unspecified atom stereocenters. The average Bonchev–Trinajstić information content (AvgIpc) is 3.23. The van der Waals surface area contributed by atoms with Gasteiger partial charge in [-0.3, -0.25) is 19.1 Å². The molecule has 3 rings (SSSR count). The van der Waals surface area contributed by atoms with Gasteiger partial charge in [0.15, 0.2) is 5.78 Å². The lowest BCUT2D eigenvalue weighted by atomic mass is 10.0. The molecule has 0 bridgehead atoms. The number of hydrogen-bond acceptors (Lipinski definition) is 4. The van der Waals surface area contributed by atoms with E-state index in [1.807, 2.05) is 16.8 Å². The molecule has 0 spiro atoms. The molecule has 2 aromatic rings. The minimum absolute atomic E-state index is 0.0110. The smallest absolute Gasteiger partial charge is 0.303 e. The highest BCUT2D eigenvalue weighted by atomic mass is 35.5. The predicted octanol–water partition coefficient (Wildman–Crippen LogP) is 5.38. The van der Waals surface area contributed by atoms with Crippen LogP contribution < -0.4 is 0 Å². The zero-order chi connectivity index (χ0) is 23.8. The molecular formula is C25H32ClN3O4. The molecule has 1 aromatic heterocycles. The summed E-state index contributed by atoms with van der Waals surface area (Å²) in [6, 6.07) is 9.22. The number of Topliss-reactive ketones (excluding diaryl/α,β-unsaturated/α-hetero) is 1. The van der Waals surface area contributed by atoms with E-state index >= 15 is 0 Å². The van der Waals surface area contributed by atoms with Gasteiger partial charge in [-0.25, -0.2) is 0 Å². The number of aromatic nitrogens is 2. The summed E-state index contributed by atoms with van der Waals surface area (Å²) < 4.78 is 1.84. The molecule has 2 heterocycles. The maximum atomic E-state index is 13.2. The summed E-state index contributed by atoms with van der Waals surface area (Å²) in [7, 11) is 0. The number of carboxylic acid groups (broad SMARTS) is 1. The zero-order valence-electron chi connectivity index (χ0n) is 19.1. The molecule has 33 heavy (non-hydrogen) atoms. The molecular weight excluding hydrogens is 442 g/mol. The molecule has 0 aliphatic carbocycles. The number of ketones is 1. The number of unbranched alkanes of at least 4 members (excludes halogenated alkanes) is 4. The first-order valence-corrected chi connectivity index (χ1v) is 12.1. The fourth-order valence-corrected chi connectivity index (χ4v) is 4.34. The Kier molecular flexibility index (Phi) is 9.06. The lowest BCUT2D eigenvalue weighted by molar-refractivity contribution is -0.137. The highest BCUT2D eigenvalue weighted by Crippen LogP contribution is 2.30. The van der Waals surface area contributed by atoms with Gasteiger partial charge in [-0.2, -0.15) is 5.10 Å². The summed E-state index contributed by atoms with van der Waals surface area (Å²) in [6.45, 7) is 2.72. The Labute approximate surface area is 199 Å². The first kappa shape index (κ1) is 25.0. The van der Waals surface area contributed by atoms with Gasteiger partial charge < -0.3 is 10.0 Å². The van der Waals surface area contributed by atoms with E-state index in [4.69, 9.17) is 21.8 Å². The van der Waals surface area contributed by atoms with Gasteiger partial charge in [0.05, 0.1) is 18.3 Å². The van der Waals surface area contributed by atoms with Crippen LogP contribution in [0.4, 0.5) is 0 Å². The van der Waals surface area contributed by atoms with E-state index in [0.717, 1.165) is 36.9 Å². The number of carbonyl (C=O) groups is 3. The van der Waals surface area contributed by atoms with E-state index in [1.165, 1.54) is 0 Å². The van der Waals surface area contributed by atoms with E-state index in [2.05, 4.69) is 6.92 Å². The first-order chi connectivity index (χ1) is 15.9. The summed E-state index contributed by atoms with van der Waals surface area (Å²) in [5, 5.41) is 14.1. The van der Waals surface area contributed by atoms with Gasteiger partial charge in [-0.15, -0.1) is 0 Å². The fourth-order valence-electron chi connectivity index (χ4n) is 4.22. The second kappa shape index (κ2) is 12.0. The second-order valence-corrected chi connectivity index (χ2v) is 9.13. The van der Waals surface area contributed by atoms with Crippen LogP contribution in [-0.4, -0.2) is 50.5 Å². The number of amides is 1. The minimum atomic E-state index is -0.816. The maximum absolute atomic E-state index is 13.2. The van der Waals surface area contributed by atoms with Crippen LogP contribution in [0.25, 0.3) is 11.3 Å². The molecule has 0 saturated carbocycles. The Morgan fingerprint density at radius 1 is 1.09 bits per heavy atom. The quantitative estimate of drug-likeness (QED) is 0.394. The largest absolute Gasteiger partial charge is 0.481 e. The van der Waals surface area contributed by atoms with E-state index in [-0.39, 0.29) is 30.7 Å². The number of aliphatic carboxylic acids is 1. The summed E-state index contributed by atoms with van der Waals surface area (Å²) in [4.78, 5) is 38.0. The van der Waals surface area contributed by atoms with Gasteiger partial charge in [-0.1, -0.05) is 56.3 Å². The molecule has 178 valence electrons. The Bertz CT molecular complexity index is 971. The number of fused-ring (bicyclic) bond motifs is 1. The second-order valence-electron chi connectivity index (χ2n) is 8.69. The van der Waals surface area contributed by atoms with Crippen molar-refractivity contribution < 1.29 is 19.5 Å². The van der Waals surface area contributed by atoms with Crippen molar-refractivity contribution in [3.8, 4) is 11.3 Å². The monoisotopic (exact) mass is 473 g/mol. The minimum Gasteiger partial charge on any atom is -0.481 e. The predicted molar refractivity (Wildman–Crippen MR) is 127 cm³/mol. The third kappa shape index (κ3) is 6.90. The Hall–Kier alpha value is -2.67. The Morgan fingerprint density at radius 2 is 1.82 bits per heavy atom. The number of nitrogens with zero attached hydrogens (tertiary/aromatic N) is 3. The molecule has 0 saturated heterocycles. The van der Waals surface area contributed by atoms with Crippen LogP contribution in [0.5, 0.6) is 0 Å². The fraction of sp³-hybridized carbons (Fsp3) is 0.520. The molecule has 0 radical (unpaired) electrons. The van der Waals surface area contributed by atoms with Crippen LogP contribution >= 0.6 is 11.6 Å².